The Morgan fingerprint density at radius 3 is 2.70 bits per heavy atom. The summed E-state index contributed by atoms with van der Waals surface area (Å²) in [6, 6.07) is 17.8. The van der Waals surface area contributed by atoms with Gasteiger partial charge in [0.25, 0.3) is 0 Å². The molecule has 0 fully saturated rings. The normalized spacial score (nSPS) is 12.6. The van der Waals surface area contributed by atoms with Gasteiger partial charge in [-0.3, -0.25) is 9.79 Å². The molecule has 0 amide bonds. The average Bonchev–Trinajstić information content (AvgIpc) is 2.77. The van der Waals surface area contributed by atoms with E-state index in [0.717, 1.165) is 28.9 Å². The lowest BCUT2D eigenvalue weighted by Crippen LogP contribution is -2.12. The first-order valence-corrected chi connectivity index (χ1v) is 7.59. The number of ether oxygens (including phenoxy) is 1. The molecule has 1 heterocycles. The first-order valence-electron chi connectivity index (χ1n) is 7.59. The van der Waals surface area contributed by atoms with Crippen LogP contribution in [-0.4, -0.2) is 18.8 Å². The van der Waals surface area contributed by atoms with Gasteiger partial charge in [-0.2, -0.15) is 0 Å². The van der Waals surface area contributed by atoms with Crippen LogP contribution in [0.5, 0.6) is 0 Å². The Morgan fingerprint density at radius 1 is 1.04 bits per heavy atom. The highest BCUT2D eigenvalue weighted by molar-refractivity contribution is 5.90. The molecule has 1 aliphatic heterocycles. The maximum Gasteiger partial charge on any atom is 0.311 e. The summed E-state index contributed by atoms with van der Waals surface area (Å²) in [5.41, 5.74) is 3.83. The van der Waals surface area contributed by atoms with Crippen LogP contribution in [0.4, 0.5) is 5.69 Å². The molecule has 0 spiro atoms. The Kier molecular flexibility index (Phi) is 4.84. The molecule has 0 saturated heterocycles. The van der Waals surface area contributed by atoms with Crippen LogP contribution in [0.1, 0.15) is 17.5 Å². The number of carbonyl (C=O) groups excluding carboxylic acids is 1. The summed E-state index contributed by atoms with van der Waals surface area (Å²) in [7, 11) is 0. The molecular weight excluding hydrogens is 288 g/mol. The smallest absolute Gasteiger partial charge is 0.311 e. The average molecular weight is 306 g/mol. The van der Waals surface area contributed by atoms with Crippen molar-refractivity contribution in [1.29, 1.82) is 0 Å². The Hall–Kier alpha value is -2.88. The van der Waals surface area contributed by atoms with Crippen LogP contribution >= 0.6 is 0 Å². The van der Waals surface area contributed by atoms with Crippen LogP contribution < -0.4 is 5.32 Å². The molecule has 0 bridgehead atoms. The number of benzene rings is 2. The van der Waals surface area contributed by atoms with Gasteiger partial charge >= 0.3 is 5.97 Å². The molecule has 116 valence electrons. The van der Waals surface area contributed by atoms with Gasteiger partial charge in [0.2, 0.25) is 0 Å². The fraction of sp³-hybridized carbons (Fsp3) is 0.158. The zero-order chi connectivity index (χ0) is 15.9. The summed E-state index contributed by atoms with van der Waals surface area (Å²) in [6.07, 6.45) is 4.34. The first kappa shape index (κ1) is 15.0. The van der Waals surface area contributed by atoms with Gasteiger partial charge < -0.3 is 10.1 Å². The molecule has 4 heteroatoms. The number of nitrogens with one attached hydrogen (secondary N) is 1. The maximum atomic E-state index is 12.0. The van der Waals surface area contributed by atoms with E-state index in [1.807, 2.05) is 54.6 Å². The van der Waals surface area contributed by atoms with E-state index >= 15 is 0 Å². The van der Waals surface area contributed by atoms with Crippen molar-refractivity contribution in [2.75, 3.05) is 11.9 Å². The lowest BCUT2D eigenvalue weighted by Gasteiger charge is -2.10. The summed E-state index contributed by atoms with van der Waals surface area (Å²) >= 11 is 0. The quantitative estimate of drug-likeness (QED) is 0.860. The fourth-order valence-corrected chi connectivity index (χ4v) is 2.36. The summed E-state index contributed by atoms with van der Waals surface area (Å²) in [5, 5.41) is 3.23. The van der Waals surface area contributed by atoms with Crippen molar-refractivity contribution in [3.8, 4) is 0 Å². The Balaban J connectivity index is 1.50. The second kappa shape index (κ2) is 7.40. The molecule has 0 atom stereocenters. The van der Waals surface area contributed by atoms with Crippen molar-refractivity contribution in [1.82, 2.24) is 0 Å². The lowest BCUT2D eigenvalue weighted by molar-refractivity contribution is -0.142. The molecule has 0 aliphatic carbocycles. The molecule has 2 aromatic rings. The number of rotatable bonds is 5. The molecule has 0 radical (unpaired) electrons. The number of hydrogen-bond acceptors (Lipinski definition) is 4. The van der Waals surface area contributed by atoms with Crippen molar-refractivity contribution < 1.29 is 9.53 Å². The van der Waals surface area contributed by atoms with Gasteiger partial charge in [-0.05, 0) is 11.6 Å². The van der Waals surface area contributed by atoms with Gasteiger partial charge in [-0.15, -0.1) is 0 Å². The van der Waals surface area contributed by atoms with Gasteiger partial charge in [0, 0.05) is 35.8 Å². The standard InChI is InChI=1S/C19H18N2O2/c22-19(23-11-10-15-6-2-1-3-7-15)12-17-14-20-13-16-8-4-5-9-18(16)21-17/h1-9,13-14,21H,10-12H2. The highest BCUT2D eigenvalue weighted by Gasteiger charge is 2.11. The minimum atomic E-state index is -0.255. The predicted octanol–water partition coefficient (Wildman–Crippen LogP) is 3.55. The second-order valence-electron chi connectivity index (χ2n) is 5.28. The van der Waals surface area contributed by atoms with E-state index in [9.17, 15) is 4.79 Å². The SMILES string of the molecule is O=C(CC1=CN=Cc2ccccc2N1)OCCc1ccccc1. The van der Waals surface area contributed by atoms with Gasteiger partial charge in [0.15, 0.2) is 0 Å². The van der Waals surface area contributed by atoms with Crippen molar-refractivity contribution in [2.45, 2.75) is 12.8 Å². The van der Waals surface area contributed by atoms with Gasteiger partial charge in [-0.25, -0.2) is 0 Å². The third kappa shape index (κ3) is 4.30. The number of hydrogen-bond donors (Lipinski definition) is 1. The van der Waals surface area contributed by atoms with Crippen LogP contribution in [0.2, 0.25) is 0 Å². The second-order valence-corrected chi connectivity index (χ2v) is 5.28. The van der Waals surface area contributed by atoms with Gasteiger partial charge in [-0.1, -0.05) is 48.5 Å². The van der Waals surface area contributed by atoms with Gasteiger partial charge in [0.1, 0.15) is 0 Å². The minimum absolute atomic E-state index is 0.181. The van der Waals surface area contributed by atoms with Crippen LogP contribution in [0.15, 0.2) is 71.5 Å². The molecule has 0 aromatic heterocycles. The van der Waals surface area contributed by atoms with E-state index < -0.39 is 0 Å². The summed E-state index contributed by atoms with van der Waals surface area (Å²) in [5.74, 6) is -0.255. The fourth-order valence-electron chi connectivity index (χ4n) is 2.36. The molecular formula is C19H18N2O2. The number of esters is 1. The van der Waals surface area contributed by atoms with Crippen molar-refractivity contribution >= 4 is 17.9 Å². The maximum absolute atomic E-state index is 12.0. The van der Waals surface area contributed by atoms with Crippen LogP contribution in [0, 0.1) is 0 Å². The van der Waals surface area contributed by atoms with E-state index in [1.54, 1.807) is 12.4 Å². The third-order valence-corrected chi connectivity index (χ3v) is 3.53. The number of aliphatic imine (C=N–C) groups is 1. The molecule has 0 saturated carbocycles. The summed E-state index contributed by atoms with van der Waals surface area (Å²) < 4.78 is 5.31. The number of nitrogens with zero attached hydrogens (tertiary/aromatic N) is 1. The van der Waals surface area contributed by atoms with Crippen LogP contribution in [-0.2, 0) is 16.0 Å². The monoisotopic (exact) mass is 306 g/mol. The number of carbonyl (C=O) groups is 1. The van der Waals surface area contributed by atoms with Crippen molar-refractivity contribution in [2.24, 2.45) is 4.99 Å². The number of anilines is 1. The topological polar surface area (TPSA) is 50.7 Å². The minimum Gasteiger partial charge on any atom is -0.465 e. The largest absolute Gasteiger partial charge is 0.465 e. The van der Waals surface area contributed by atoms with E-state index in [4.69, 9.17) is 4.74 Å². The van der Waals surface area contributed by atoms with Crippen LogP contribution in [0.25, 0.3) is 0 Å². The summed E-state index contributed by atoms with van der Waals surface area (Å²) in [6.45, 7) is 0.385. The molecule has 3 rings (SSSR count). The third-order valence-electron chi connectivity index (χ3n) is 3.53. The van der Waals surface area contributed by atoms with E-state index in [1.165, 1.54) is 0 Å². The highest BCUT2D eigenvalue weighted by atomic mass is 16.5. The van der Waals surface area contributed by atoms with E-state index in [-0.39, 0.29) is 12.4 Å². The molecule has 0 unspecified atom stereocenters. The zero-order valence-corrected chi connectivity index (χ0v) is 12.7. The molecule has 23 heavy (non-hydrogen) atoms. The van der Waals surface area contributed by atoms with Crippen LogP contribution in [0.3, 0.4) is 0 Å². The van der Waals surface area contributed by atoms with Crippen molar-refractivity contribution in [3.05, 3.63) is 77.6 Å². The van der Waals surface area contributed by atoms with Crippen molar-refractivity contribution in [3.63, 3.8) is 0 Å². The number of para-hydroxylation sites is 1. The van der Waals surface area contributed by atoms with E-state index in [0.29, 0.717) is 6.61 Å². The molecule has 2 aromatic carbocycles. The first-order chi connectivity index (χ1) is 11.3. The van der Waals surface area contributed by atoms with E-state index in [2.05, 4.69) is 10.3 Å². The number of fused-ring (bicyclic) bond motifs is 1. The Labute approximate surface area is 135 Å². The summed E-state index contributed by atoms with van der Waals surface area (Å²) in [4.78, 5) is 16.2. The lowest BCUT2D eigenvalue weighted by atomic mass is 10.2. The Morgan fingerprint density at radius 2 is 1.83 bits per heavy atom. The molecule has 1 N–H and O–H groups in total. The molecule has 1 aliphatic rings. The molecule has 4 nitrogen and oxygen atoms in total. The highest BCUT2D eigenvalue weighted by Crippen LogP contribution is 2.19. The predicted molar refractivity (Wildman–Crippen MR) is 91.5 cm³/mol. The Bertz CT molecular complexity index is 736. The zero-order valence-electron chi connectivity index (χ0n) is 12.7. The van der Waals surface area contributed by atoms with Gasteiger partial charge in [0.05, 0.1) is 13.0 Å².